The molecule has 0 amide bonds. The molecule has 0 N–H and O–H groups in total. The summed E-state index contributed by atoms with van der Waals surface area (Å²) >= 11 is 8.25. The minimum atomic E-state index is 0.529. The number of rotatable bonds is 1. The Kier molecular flexibility index (Phi) is 2.99. The second-order valence-corrected chi connectivity index (χ2v) is 6.87. The number of halogens is 2. The van der Waals surface area contributed by atoms with Crippen molar-refractivity contribution in [2.24, 2.45) is 5.41 Å². The van der Waals surface area contributed by atoms with Gasteiger partial charge in [0.25, 0.3) is 0 Å². The Hall–Kier alpha value is -0.0700. The van der Waals surface area contributed by atoms with Crippen molar-refractivity contribution >= 4 is 40.0 Å². The van der Waals surface area contributed by atoms with E-state index < -0.39 is 0 Å². The summed E-state index contributed by atoms with van der Waals surface area (Å²) in [6.45, 7) is 4.75. The maximum atomic E-state index is 5.99. The molecule has 3 nitrogen and oxygen atoms in total. The molecule has 3 rings (SSSR count). The molecule has 3 heterocycles. The third-order valence-corrected chi connectivity index (χ3v) is 5.31. The zero-order valence-electron chi connectivity index (χ0n) is 9.79. The number of aromatic nitrogens is 1. The Balaban J connectivity index is 1.71. The quantitative estimate of drug-likeness (QED) is 0.715. The molecule has 17 heavy (non-hydrogen) atoms. The monoisotopic (exact) mass is 363 g/mol. The van der Waals surface area contributed by atoms with Gasteiger partial charge in [-0.05, 0) is 48.7 Å². The van der Waals surface area contributed by atoms with Crippen LogP contribution in [0.15, 0.2) is 12.3 Å². The first-order valence-electron chi connectivity index (χ1n) is 5.83. The van der Waals surface area contributed by atoms with Crippen LogP contribution in [-0.4, -0.2) is 43.1 Å². The van der Waals surface area contributed by atoms with Crippen molar-refractivity contribution in [2.75, 3.05) is 38.1 Å². The van der Waals surface area contributed by atoms with Gasteiger partial charge in [-0.2, -0.15) is 0 Å². The van der Waals surface area contributed by atoms with E-state index in [-0.39, 0.29) is 0 Å². The van der Waals surface area contributed by atoms with Crippen molar-refractivity contribution in [3.05, 3.63) is 20.9 Å². The summed E-state index contributed by atoms with van der Waals surface area (Å²) in [4.78, 5) is 9.20. The maximum absolute atomic E-state index is 5.99. The summed E-state index contributed by atoms with van der Waals surface area (Å²) in [6.07, 6.45) is 3.08. The number of pyridine rings is 1. The van der Waals surface area contributed by atoms with Crippen molar-refractivity contribution in [3.8, 4) is 0 Å². The van der Waals surface area contributed by atoms with Crippen LogP contribution in [0.25, 0.3) is 0 Å². The van der Waals surface area contributed by atoms with E-state index in [1.54, 1.807) is 6.20 Å². The largest absolute Gasteiger partial charge is 0.355 e. The second kappa shape index (κ2) is 4.24. The van der Waals surface area contributed by atoms with Crippen LogP contribution in [0.5, 0.6) is 0 Å². The molecule has 92 valence electrons. The predicted octanol–water partition coefficient (Wildman–Crippen LogP) is 2.48. The van der Waals surface area contributed by atoms with Crippen LogP contribution >= 0.6 is 34.2 Å². The molecule has 0 saturated carbocycles. The van der Waals surface area contributed by atoms with Gasteiger partial charge in [-0.25, -0.2) is 4.98 Å². The molecular weight excluding hydrogens is 349 g/mol. The first-order valence-corrected chi connectivity index (χ1v) is 7.28. The lowest BCUT2D eigenvalue weighted by Crippen LogP contribution is -2.57. The topological polar surface area (TPSA) is 19.4 Å². The average Bonchev–Trinajstić information content (AvgIpc) is 2.63. The van der Waals surface area contributed by atoms with Gasteiger partial charge in [-0.15, -0.1) is 0 Å². The van der Waals surface area contributed by atoms with Crippen molar-refractivity contribution in [1.82, 2.24) is 9.88 Å². The van der Waals surface area contributed by atoms with Crippen LogP contribution in [0.4, 0.5) is 5.82 Å². The van der Waals surface area contributed by atoms with Crippen molar-refractivity contribution in [1.29, 1.82) is 0 Å². The van der Waals surface area contributed by atoms with E-state index in [1.807, 2.05) is 0 Å². The van der Waals surface area contributed by atoms with Crippen LogP contribution in [-0.2, 0) is 0 Å². The Morgan fingerprint density at radius 1 is 1.41 bits per heavy atom. The van der Waals surface area contributed by atoms with Gasteiger partial charge in [0, 0.05) is 34.8 Å². The molecule has 2 aliphatic rings. The van der Waals surface area contributed by atoms with Crippen LogP contribution in [0.1, 0.15) is 6.42 Å². The minimum absolute atomic E-state index is 0.529. The molecule has 2 saturated heterocycles. The highest BCUT2D eigenvalue weighted by Crippen LogP contribution is 2.41. The van der Waals surface area contributed by atoms with Crippen LogP contribution < -0.4 is 4.90 Å². The third kappa shape index (κ3) is 2.15. The van der Waals surface area contributed by atoms with Gasteiger partial charge in [0.05, 0.1) is 5.02 Å². The maximum Gasteiger partial charge on any atom is 0.129 e. The fraction of sp³-hybridized carbons (Fsp3) is 0.583. The van der Waals surface area contributed by atoms with Gasteiger partial charge in [-0.1, -0.05) is 11.6 Å². The van der Waals surface area contributed by atoms with E-state index in [4.69, 9.17) is 11.6 Å². The average molecular weight is 364 g/mol. The van der Waals surface area contributed by atoms with Crippen molar-refractivity contribution in [2.45, 2.75) is 6.42 Å². The lowest BCUT2D eigenvalue weighted by molar-refractivity contribution is 0.216. The highest BCUT2D eigenvalue weighted by atomic mass is 127. The van der Waals surface area contributed by atoms with Crippen LogP contribution in [0.3, 0.4) is 0 Å². The number of likely N-dealkylation sites (tertiary alicyclic amines) is 1. The molecular formula is C12H15ClIN3. The molecule has 2 fully saturated rings. The molecule has 5 heteroatoms. The van der Waals surface area contributed by atoms with Gasteiger partial charge < -0.3 is 9.80 Å². The van der Waals surface area contributed by atoms with Crippen LogP contribution in [0, 0.1) is 8.99 Å². The number of hydrogen-bond acceptors (Lipinski definition) is 3. The lowest BCUT2D eigenvalue weighted by Gasteiger charge is -2.48. The number of hydrogen-bond donors (Lipinski definition) is 0. The standard InChI is InChI=1S/C12H15ClIN3/c1-16-3-2-12(6-16)7-17(8-12)11-4-10(14)9(13)5-15-11/h4-5H,2-3,6-8H2,1H3. The molecule has 0 unspecified atom stereocenters. The molecule has 1 aromatic rings. The summed E-state index contributed by atoms with van der Waals surface area (Å²) in [5, 5.41) is 0.741. The smallest absolute Gasteiger partial charge is 0.129 e. The lowest BCUT2D eigenvalue weighted by atomic mass is 9.79. The highest BCUT2D eigenvalue weighted by molar-refractivity contribution is 14.1. The Morgan fingerprint density at radius 3 is 2.76 bits per heavy atom. The van der Waals surface area contributed by atoms with E-state index in [2.05, 4.69) is 50.5 Å². The predicted molar refractivity (Wildman–Crippen MR) is 78.7 cm³/mol. The first kappa shape index (κ1) is 12.0. The molecule has 0 aliphatic carbocycles. The first-order chi connectivity index (χ1) is 8.08. The third-order valence-electron chi connectivity index (χ3n) is 3.80. The summed E-state index contributed by atoms with van der Waals surface area (Å²) in [7, 11) is 2.21. The summed E-state index contributed by atoms with van der Waals surface area (Å²) in [5.74, 6) is 1.07. The van der Waals surface area contributed by atoms with Gasteiger partial charge in [-0.3, -0.25) is 0 Å². The molecule has 2 aliphatic heterocycles. The Bertz CT molecular complexity index is 445. The summed E-state index contributed by atoms with van der Waals surface area (Å²) in [5.41, 5.74) is 0.529. The van der Waals surface area contributed by atoms with E-state index >= 15 is 0 Å². The van der Waals surface area contributed by atoms with Gasteiger partial charge in [0.1, 0.15) is 5.82 Å². The van der Waals surface area contributed by atoms with Gasteiger partial charge >= 0.3 is 0 Å². The fourth-order valence-corrected chi connectivity index (χ4v) is 3.44. The zero-order chi connectivity index (χ0) is 12.0. The molecule has 0 atom stereocenters. The fourth-order valence-electron chi connectivity index (χ4n) is 2.92. The highest BCUT2D eigenvalue weighted by Gasteiger charge is 2.47. The van der Waals surface area contributed by atoms with E-state index in [9.17, 15) is 0 Å². The van der Waals surface area contributed by atoms with Crippen molar-refractivity contribution < 1.29 is 0 Å². The van der Waals surface area contributed by atoms with E-state index in [0.29, 0.717) is 5.41 Å². The summed E-state index contributed by atoms with van der Waals surface area (Å²) in [6, 6.07) is 2.08. The van der Waals surface area contributed by atoms with Gasteiger partial charge in [0.2, 0.25) is 0 Å². The molecule has 0 bridgehead atoms. The molecule has 1 spiro atoms. The molecule has 0 aromatic carbocycles. The number of anilines is 1. The normalized spacial score (nSPS) is 23.1. The van der Waals surface area contributed by atoms with Gasteiger partial charge in [0.15, 0.2) is 0 Å². The van der Waals surface area contributed by atoms with Crippen molar-refractivity contribution in [3.63, 3.8) is 0 Å². The number of nitrogens with zero attached hydrogens (tertiary/aromatic N) is 3. The zero-order valence-corrected chi connectivity index (χ0v) is 12.7. The minimum Gasteiger partial charge on any atom is -0.355 e. The Labute approximate surface area is 120 Å². The SMILES string of the molecule is CN1CCC2(C1)CN(c1cc(I)c(Cl)cn1)C2. The van der Waals surface area contributed by atoms with E-state index in [1.165, 1.54) is 19.5 Å². The molecule has 1 aromatic heterocycles. The summed E-state index contributed by atoms with van der Waals surface area (Å²) < 4.78 is 1.08. The van der Waals surface area contributed by atoms with E-state index in [0.717, 1.165) is 27.5 Å². The molecule has 0 radical (unpaired) electrons. The second-order valence-electron chi connectivity index (χ2n) is 5.30. The Morgan fingerprint density at radius 2 is 2.18 bits per heavy atom. The van der Waals surface area contributed by atoms with Crippen LogP contribution in [0.2, 0.25) is 5.02 Å².